The number of halogens is 1. The molecule has 4 nitrogen and oxygen atoms in total. The van der Waals surface area contributed by atoms with E-state index in [2.05, 4.69) is 26.5 Å². The van der Waals surface area contributed by atoms with Gasteiger partial charge in [-0.15, -0.1) is 0 Å². The molecule has 0 fully saturated rings. The molecule has 21 heavy (non-hydrogen) atoms. The number of hydrazone groups is 1. The minimum absolute atomic E-state index is 0.313. The standard InChI is InChI=1S/C16H15BrN2O2/c1-21-15(12-7-3-2-4-8-12)16(20)19-18-11-13-9-5-6-10-14(13)17/h2-11,15H,1H3,(H,19,20)/b18-11-/t15-/m0/s1. The highest BCUT2D eigenvalue weighted by Gasteiger charge is 2.18. The highest BCUT2D eigenvalue weighted by atomic mass is 79.9. The summed E-state index contributed by atoms with van der Waals surface area (Å²) in [5.74, 6) is -0.313. The van der Waals surface area contributed by atoms with Crippen molar-refractivity contribution in [2.45, 2.75) is 6.10 Å². The van der Waals surface area contributed by atoms with E-state index in [9.17, 15) is 4.79 Å². The van der Waals surface area contributed by atoms with E-state index < -0.39 is 6.10 Å². The van der Waals surface area contributed by atoms with Crippen molar-refractivity contribution in [3.05, 3.63) is 70.2 Å². The van der Waals surface area contributed by atoms with Crippen LogP contribution in [0, 0.1) is 0 Å². The van der Waals surface area contributed by atoms with Gasteiger partial charge in [0.05, 0.1) is 6.21 Å². The van der Waals surface area contributed by atoms with Gasteiger partial charge in [-0.2, -0.15) is 5.10 Å². The lowest BCUT2D eigenvalue weighted by Crippen LogP contribution is -2.26. The van der Waals surface area contributed by atoms with Crippen LogP contribution in [0.5, 0.6) is 0 Å². The van der Waals surface area contributed by atoms with Crippen molar-refractivity contribution in [3.8, 4) is 0 Å². The molecule has 0 saturated carbocycles. The average Bonchev–Trinajstić information content (AvgIpc) is 2.51. The van der Waals surface area contributed by atoms with Gasteiger partial charge in [0, 0.05) is 17.1 Å². The monoisotopic (exact) mass is 346 g/mol. The summed E-state index contributed by atoms with van der Waals surface area (Å²) in [6.45, 7) is 0. The second kappa shape index (κ2) is 7.71. The SMILES string of the molecule is CO[C@H](C(=O)N/N=C\c1ccccc1Br)c1ccccc1. The first kappa shape index (κ1) is 15.4. The fourth-order valence-electron chi connectivity index (χ4n) is 1.83. The van der Waals surface area contributed by atoms with Gasteiger partial charge in [0.1, 0.15) is 0 Å². The third kappa shape index (κ3) is 4.24. The van der Waals surface area contributed by atoms with E-state index >= 15 is 0 Å². The Hall–Kier alpha value is -1.98. The number of nitrogens with zero attached hydrogens (tertiary/aromatic N) is 1. The zero-order chi connectivity index (χ0) is 15.1. The largest absolute Gasteiger partial charge is 0.367 e. The molecular weight excluding hydrogens is 332 g/mol. The van der Waals surface area contributed by atoms with Crippen LogP contribution in [-0.4, -0.2) is 19.2 Å². The Morgan fingerprint density at radius 1 is 1.19 bits per heavy atom. The summed E-state index contributed by atoms with van der Waals surface area (Å²) in [6, 6.07) is 16.9. The molecule has 1 N–H and O–H groups in total. The third-order valence-corrected chi connectivity index (χ3v) is 3.58. The van der Waals surface area contributed by atoms with Crippen LogP contribution in [0.4, 0.5) is 0 Å². The number of hydrogen-bond acceptors (Lipinski definition) is 3. The molecule has 2 aromatic carbocycles. The van der Waals surface area contributed by atoms with E-state index in [-0.39, 0.29) is 5.91 Å². The number of carbonyl (C=O) groups is 1. The number of benzene rings is 2. The van der Waals surface area contributed by atoms with Crippen molar-refractivity contribution >= 4 is 28.1 Å². The van der Waals surface area contributed by atoms with Crippen molar-refractivity contribution in [2.75, 3.05) is 7.11 Å². The summed E-state index contributed by atoms with van der Waals surface area (Å²) in [5, 5.41) is 3.96. The maximum Gasteiger partial charge on any atom is 0.273 e. The Kier molecular flexibility index (Phi) is 5.66. The van der Waals surface area contributed by atoms with Gasteiger partial charge in [0.25, 0.3) is 5.91 Å². The molecule has 0 aromatic heterocycles. The summed E-state index contributed by atoms with van der Waals surface area (Å²) in [4.78, 5) is 12.1. The van der Waals surface area contributed by atoms with Crippen LogP contribution >= 0.6 is 15.9 Å². The Balaban J connectivity index is 2.02. The van der Waals surface area contributed by atoms with Gasteiger partial charge in [-0.1, -0.05) is 64.5 Å². The lowest BCUT2D eigenvalue weighted by Gasteiger charge is -2.13. The number of carbonyl (C=O) groups excluding carboxylic acids is 1. The van der Waals surface area contributed by atoms with Crippen LogP contribution < -0.4 is 5.43 Å². The smallest absolute Gasteiger partial charge is 0.273 e. The normalized spacial score (nSPS) is 12.3. The van der Waals surface area contributed by atoms with Crippen molar-refractivity contribution < 1.29 is 9.53 Å². The molecule has 2 rings (SSSR count). The van der Waals surface area contributed by atoms with Gasteiger partial charge in [0.2, 0.25) is 0 Å². The van der Waals surface area contributed by atoms with Crippen molar-refractivity contribution in [3.63, 3.8) is 0 Å². The number of ether oxygens (including phenoxy) is 1. The zero-order valence-corrected chi connectivity index (χ0v) is 13.1. The van der Waals surface area contributed by atoms with Crippen molar-refractivity contribution in [2.24, 2.45) is 5.10 Å². The molecule has 0 spiro atoms. The Labute approximate surface area is 132 Å². The molecule has 108 valence electrons. The van der Waals surface area contributed by atoms with Crippen molar-refractivity contribution in [1.82, 2.24) is 5.43 Å². The lowest BCUT2D eigenvalue weighted by molar-refractivity contribution is -0.131. The fraction of sp³-hybridized carbons (Fsp3) is 0.125. The van der Waals surface area contributed by atoms with Gasteiger partial charge in [-0.25, -0.2) is 5.43 Å². The minimum atomic E-state index is -0.678. The number of amides is 1. The fourth-order valence-corrected chi connectivity index (χ4v) is 2.21. The molecule has 1 amide bonds. The van der Waals surface area contributed by atoms with Crippen LogP contribution in [-0.2, 0) is 9.53 Å². The molecule has 2 aromatic rings. The molecule has 0 radical (unpaired) electrons. The highest BCUT2D eigenvalue weighted by molar-refractivity contribution is 9.10. The first-order chi connectivity index (χ1) is 10.2. The maximum atomic E-state index is 12.1. The Morgan fingerprint density at radius 3 is 2.52 bits per heavy atom. The molecule has 0 saturated heterocycles. The summed E-state index contributed by atoms with van der Waals surface area (Å²) in [6.07, 6.45) is 0.905. The predicted molar refractivity (Wildman–Crippen MR) is 86.1 cm³/mol. The summed E-state index contributed by atoms with van der Waals surface area (Å²) < 4.78 is 6.14. The highest BCUT2D eigenvalue weighted by Crippen LogP contribution is 2.16. The van der Waals surface area contributed by atoms with Crippen molar-refractivity contribution in [1.29, 1.82) is 0 Å². The number of rotatable bonds is 5. The van der Waals surface area contributed by atoms with E-state index in [1.165, 1.54) is 7.11 Å². The quantitative estimate of drug-likeness (QED) is 0.667. The molecule has 0 aliphatic carbocycles. The number of methoxy groups -OCH3 is 1. The molecule has 0 unspecified atom stereocenters. The molecule has 0 aliphatic rings. The zero-order valence-electron chi connectivity index (χ0n) is 11.5. The minimum Gasteiger partial charge on any atom is -0.367 e. The summed E-state index contributed by atoms with van der Waals surface area (Å²) >= 11 is 3.41. The van der Waals surface area contributed by atoms with E-state index in [0.717, 1.165) is 15.6 Å². The average molecular weight is 347 g/mol. The number of hydrogen-bond donors (Lipinski definition) is 1. The van der Waals surface area contributed by atoms with E-state index in [4.69, 9.17) is 4.74 Å². The van der Waals surface area contributed by atoms with Gasteiger partial charge < -0.3 is 4.74 Å². The van der Waals surface area contributed by atoms with E-state index in [0.29, 0.717) is 0 Å². The lowest BCUT2D eigenvalue weighted by atomic mass is 10.1. The first-order valence-electron chi connectivity index (χ1n) is 6.37. The van der Waals surface area contributed by atoms with Crippen LogP contribution in [0.25, 0.3) is 0 Å². The van der Waals surface area contributed by atoms with Gasteiger partial charge in [0.15, 0.2) is 6.10 Å². The number of nitrogens with one attached hydrogen (secondary N) is 1. The molecule has 1 atom stereocenters. The maximum absolute atomic E-state index is 12.1. The van der Waals surface area contributed by atoms with E-state index in [1.54, 1.807) is 6.21 Å². The van der Waals surface area contributed by atoms with Crippen LogP contribution in [0.15, 0.2) is 64.2 Å². The van der Waals surface area contributed by atoms with Crippen LogP contribution in [0.3, 0.4) is 0 Å². The second-order valence-corrected chi connectivity index (χ2v) is 5.14. The first-order valence-corrected chi connectivity index (χ1v) is 7.17. The Morgan fingerprint density at radius 2 is 1.86 bits per heavy atom. The topological polar surface area (TPSA) is 50.7 Å². The van der Waals surface area contributed by atoms with Gasteiger partial charge in [-0.05, 0) is 11.6 Å². The molecule has 0 aliphatic heterocycles. The molecule has 0 heterocycles. The third-order valence-electron chi connectivity index (χ3n) is 2.86. The Bertz CT molecular complexity index is 629. The second-order valence-electron chi connectivity index (χ2n) is 4.28. The molecule has 5 heteroatoms. The van der Waals surface area contributed by atoms with Gasteiger partial charge >= 0.3 is 0 Å². The summed E-state index contributed by atoms with van der Waals surface area (Å²) in [7, 11) is 1.49. The van der Waals surface area contributed by atoms with Gasteiger partial charge in [-0.3, -0.25) is 4.79 Å². The molecule has 0 bridgehead atoms. The predicted octanol–water partition coefficient (Wildman–Crippen LogP) is 3.29. The molecular formula is C16H15BrN2O2. The van der Waals surface area contributed by atoms with Crippen LogP contribution in [0.1, 0.15) is 17.2 Å². The van der Waals surface area contributed by atoms with E-state index in [1.807, 2.05) is 54.6 Å². The van der Waals surface area contributed by atoms with Crippen LogP contribution in [0.2, 0.25) is 0 Å². The summed E-state index contributed by atoms with van der Waals surface area (Å²) in [5.41, 5.74) is 4.16.